The van der Waals surface area contributed by atoms with E-state index in [1.807, 2.05) is 4.98 Å². The van der Waals surface area contributed by atoms with Gasteiger partial charge < -0.3 is 18.9 Å². The Bertz CT molecular complexity index is 942. The van der Waals surface area contributed by atoms with Gasteiger partial charge in [0.15, 0.2) is 18.4 Å². The van der Waals surface area contributed by atoms with Crippen LogP contribution in [0.25, 0.3) is 0 Å². The van der Waals surface area contributed by atoms with Crippen molar-refractivity contribution in [3.8, 4) is 6.07 Å². The zero-order valence-corrected chi connectivity index (χ0v) is 15.2. The van der Waals surface area contributed by atoms with Crippen LogP contribution in [-0.2, 0) is 33.3 Å². The van der Waals surface area contributed by atoms with Crippen LogP contribution in [0.3, 0.4) is 0 Å². The normalized spacial score (nSPS) is 23.5. The van der Waals surface area contributed by atoms with Crippen LogP contribution in [0.4, 0.5) is 0 Å². The Morgan fingerprint density at radius 1 is 1.14 bits per heavy atom. The molecular formula is C16H17N3O9. The summed E-state index contributed by atoms with van der Waals surface area (Å²) < 4.78 is 21.7. The molecule has 4 atom stereocenters. The standard InChI is InChI=1S/C16H17N3O9/c1-7(20)25-6-11-12(26-8(2)21)13(27-9(3)22)15(28-11)19-5-10(4-17)14(23)18-16(19)24/h5,11-13,15H,6H2,1-3H3,(H,18,23,24). The Hall–Kier alpha value is -3.46. The Balaban J connectivity index is 2.51. The summed E-state index contributed by atoms with van der Waals surface area (Å²) in [6.45, 7) is 3.01. The summed E-state index contributed by atoms with van der Waals surface area (Å²) >= 11 is 0. The molecule has 1 aliphatic rings. The Morgan fingerprint density at radius 3 is 2.29 bits per heavy atom. The molecule has 1 aromatic heterocycles. The number of carbonyl (C=O) groups excluding carboxylic acids is 3. The molecule has 0 radical (unpaired) electrons. The number of aromatic amines is 1. The van der Waals surface area contributed by atoms with Gasteiger partial charge in [0.1, 0.15) is 24.3 Å². The van der Waals surface area contributed by atoms with Gasteiger partial charge in [-0.15, -0.1) is 0 Å². The number of hydrogen-bond acceptors (Lipinski definition) is 10. The highest BCUT2D eigenvalue weighted by Crippen LogP contribution is 2.33. The molecule has 2 heterocycles. The largest absolute Gasteiger partial charge is 0.463 e. The predicted molar refractivity (Wildman–Crippen MR) is 87.7 cm³/mol. The highest BCUT2D eigenvalue weighted by atomic mass is 16.7. The van der Waals surface area contributed by atoms with Crippen LogP contribution in [0.5, 0.6) is 0 Å². The lowest BCUT2D eigenvalue weighted by Gasteiger charge is -2.23. The maximum absolute atomic E-state index is 12.2. The third-order valence-corrected chi connectivity index (χ3v) is 3.70. The topological polar surface area (TPSA) is 167 Å². The maximum atomic E-state index is 12.2. The number of esters is 3. The summed E-state index contributed by atoms with van der Waals surface area (Å²) in [5, 5.41) is 9.02. The van der Waals surface area contributed by atoms with E-state index in [4.69, 9.17) is 24.2 Å². The molecule has 1 saturated heterocycles. The highest BCUT2D eigenvalue weighted by Gasteiger charge is 2.51. The van der Waals surface area contributed by atoms with Gasteiger partial charge >= 0.3 is 23.6 Å². The molecule has 0 spiro atoms. The Labute approximate surface area is 157 Å². The lowest BCUT2D eigenvalue weighted by atomic mass is 10.1. The van der Waals surface area contributed by atoms with E-state index in [1.54, 1.807) is 6.07 Å². The van der Waals surface area contributed by atoms with E-state index >= 15 is 0 Å². The van der Waals surface area contributed by atoms with Crippen molar-refractivity contribution in [1.82, 2.24) is 9.55 Å². The number of aromatic nitrogens is 2. The average Bonchev–Trinajstić information content (AvgIpc) is 2.89. The molecule has 0 amide bonds. The monoisotopic (exact) mass is 395 g/mol. The number of ether oxygens (including phenoxy) is 4. The average molecular weight is 395 g/mol. The Morgan fingerprint density at radius 2 is 1.75 bits per heavy atom. The number of nitriles is 1. The number of rotatable bonds is 5. The first-order valence-corrected chi connectivity index (χ1v) is 8.03. The van der Waals surface area contributed by atoms with E-state index in [1.165, 1.54) is 0 Å². The van der Waals surface area contributed by atoms with Gasteiger partial charge in [-0.3, -0.25) is 28.7 Å². The minimum atomic E-state index is -1.36. The van der Waals surface area contributed by atoms with Crippen molar-refractivity contribution in [2.45, 2.75) is 45.3 Å². The first kappa shape index (κ1) is 20.8. The van der Waals surface area contributed by atoms with Crippen LogP contribution in [0.2, 0.25) is 0 Å². The van der Waals surface area contributed by atoms with Gasteiger partial charge in [-0.05, 0) is 0 Å². The van der Waals surface area contributed by atoms with Crippen molar-refractivity contribution in [3.63, 3.8) is 0 Å². The van der Waals surface area contributed by atoms with Crippen molar-refractivity contribution >= 4 is 17.9 Å². The van der Waals surface area contributed by atoms with Gasteiger partial charge in [0.25, 0.3) is 5.56 Å². The van der Waals surface area contributed by atoms with E-state index in [-0.39, 0.29) is 6.61 Å². The van der Waals surface area contributed by atoms with E-state index in [2.05, 4.69) is 0 Å². The van der Waals surface area contributed by atoms with E-state index in [0.29, 0.717) is 0 Å². The fraction of sp³-hybridized carbons (Fsp3) is 0.500. The molecule has 4 unspecified atom stereocenters. The van der Waals surface area contributed by atoms with Crippen LogP contribution >= 0.6 is 0 Å². The zero-order chi connectivity index (χ0) is 21.0. The summed E-state index contributed by atoms with van der Waals surface area (Å²) in [6.07, 6.45) is -4.02. The predicted octanol–water partition coefficient (Wildman–Crippen LogP) is -1.27. The van der Waals surface area contributed by atoms with Gasteiger partial charge in [-0.1, -0.05) is 0 Å². The van der Waals surface area contributed by atoms with Crippen LogP contribution < -0.4 is 11.2 Å². The molecule has 0 aromatic carbocycles. The molecule has 2 rings (SSSR count). The maximum Gasteiger partial charge on any atom is 0.330 e. The van der Waals surface area contributed by atoms with Crippen LogP contribution in [0.15, 0.2) is 15.8 Å². The molecule has 1 fully saturated rings. The molecule has 0 aliphatic carbocycles. The number of nitrogens with zero attached hydrogens (tertiary/aromatic N) is 2. The van der Waals surface area contributed by atoms with Crippen molar-refractivity contribution in [2.24, 2.45) is 0 Å². The number of carbonyl (C=O) groups is 3. The molecule has 150 valence electrons. The summed E-state index contributed by atoms with van der Waals surface area (Å²) in [5.74, 6) is -2.13. The number of nitrogens with one attached hydrogen (secondary N) is 1. The SMILES string of the molecule is CC(=O)OCC1OC(n2cc(C#N)c(=O)[nH]c2=O)C(OC(C)=O)C1OC(C)=O. The van der Waals surface area contributed by atoms with Crippen molar-refractivity contribution in [3.05, 3.63) is 32.6 Å². The smallest absolute Gasteiger partial charge is 0.330 e. The molecule has 1 aliphatic heterocycles. The van der Waals surface area contributed by atoms with E-state index in [9.17, 15) is 24.0 Å². The minimum Gasteiger partial charge on any atom is -0.463 e. The first-order chi connectivity index (χ1) is 13.1. The van der Waals surface area contributed by atoms with Gasteiger partial charge in [-0.2, -0.15) is 5.26 Å². The van der Waals surface area contributed by atoms with E-state index in [0.717, 1.165) is 31.5 Å². The molecule has 1 N–H and O–H groups in total. The van der Waals surface area contributed by atoms with Crippen molar-refractivity contribution in [2.75, 3.05) is 6.61 Å². The lowest BCUT2D eigenvalue weighted by molar-refractivity contribution is -0.166. The summed E-state index contributed by atoms with van der Waals surface area (Å²) in [6, 6.07) is 1.62. The zero-order valence-electron chi connectivity index (χ0n) is 15.2. The molecule has 0 bridgehead atoms. The number of hydrogen-bond donors (Lipinski definition) is 1. The quantitative estimate of drug-likeness (QED) is 0.469. The second kappa shape index (κ2) is 8.49. The van der Waals surface area contributed by atoms with Gasteiger partial charge in [0.05, 0.1) is 0 Å². The first-order valence-electron chi connectivity index (χ1n) is 8.03. The molecule has 28 heavy (non-hydrogen) atoms. The van der Waals surface area contributed by atoms with Gasteiger partial charge in [-0.25, -0.2) is 4.79 Å². The third kappa shape index (κ3) is 4.63. The van der Waals surface area contributed by atoms with Crippen molar-refractivity contribution in [1.29, 1.82) is 5.26 Å². The fourth-order valence-corrected chi connectivity index (χ4v) is 2.67. The van der Waals surface area contributed by atoms with Crippen LogP contribution in [0.1, 0.15) is 32.6 Å². The van der Waals surface area contributed by atoms with Crippen molar-refractivity contribution < 1.29 is 33.3 Å². The fourth-order valence-electron chi connectivity index (χ4n) is 2.67. The molecule has 1 aromatic rings. The highest BCUT2D eigenvalue weighted by molar-refractivity contribution is 5.68. The second-order valence-electron chi connectivity index (χ2n) is 5.84. The summed E-state index contributed by atoms with van der Waals surface area (Å²) in [5.41, 5.74) is -2.24. The summed E-state index contributed by atoms with van der Waals surface area (Å²) in [4.78, 5) is 59.9. The van der Waals surface area contributed by atoms with E-state index < -0.39 is 59.3 Å². The number of H-pyrrole nitrogens is 1. The van der Waals surface area contributed by atoms with Crippen LogP contribution in [0, 0.1) is 11.3 Å². The lowest BCUT2D eigenvalue weighted by Crippen LogP contribution is -2.42. The van der Waals surface area contributed by atoms with Gasteiger partial charge in [0, 0.05) is 27.0 Å². The molecule has 0 saturated carbocycles. The molecular weight excluding hydrogens is 378 g/mol. The molecule has 12 heteroatoms. The van der Waals surface area contributed by atoms with Gasteiger partial charge in [0.2, 0.25) is 0 Å². The second-order valence-corrected chi connectivity index (χ2v) is 5.84. The van der Waals surface area contributed by atoms with Crippen LogP contribution in [-0.4, -0.2) is 52.4 Å². The minimum absolute atomic E-state index is 0.356. The third-order valence-electron chi connectivity index (χ3n) is 3.70. The Kier molecular flexibility index (Phi) is 6.32. The molecule has 12 nitrogen and oxygen atoms in total. The summed E-state index contributed by atoms with van der Waals surface area (Å²) in [7, 11) is 0.